The molecule has 1 atom stereocenters. The molecule has 0 spiro atoms. The van der Waals surface area contributed by atoms with Gasteiger partial charge in [-0.25, -0.2) is 9.97 Å². The minimum absolute atomic E-state index is 0.331. The zero-order valence-corrected chi connectivity index (χ0v) is 10.1. The predicted molar refractivity (Wildman–Crippen MR) is 64.7 cm³/mol. The van der Waals surface area contributed by atoms with Gasteiger partial charge in [-0.15, -0.1) is 0 Å². The van der Waals surface area contributed by atoms with Gasteiger partial charge < -0.3 is 9.84 Å². The summed E-state index contributed by atoms with van der Waals surface area (Å²) in [6, 6.07) is 0.331. The van der Waals surface area contributed by atoms with E-state index in [2.05, 4.69) is 16.0 Å². The van der Waals surface area contributed by atoms with E-state index < -0.39 is 6.10 Å². The molecule has 0 amide bonds. The molecule has 1 heterocycles. The van der Waals surface area contributed by atoms with Crippen LogP contribution in [0.2, 0.25) is 0 Å². The molecular weight excluding hydrogens is 216 g/mol. The molecule has 1 N–H and O–H groups in total. The van der Waals surface area contributed by atoms with E-state index in [0.717, 1.165) is 18.4 Å². The Morgan fingerprint density at radius 1 is 1.35 bits per heavy atom. The van der Waals surface area contributed by atoms with E-state index in [-0.39, 0.29) is 0 Å². The standard InChI is InChI=1S/C13H18N2O2/c1-17-13-14-8-11(9-15-13)12(16)7-10-5-3-2-4-6-10/h5,8-9,12,16H,2-4,6-7H2,1H3. The third-order valence-corrected chi connectivity index (χ3v) is 3.06. The monoisotopic (exact) mass is 234 g/mol. The van der Waals surface area contributed by atoms with Crippen LogP contribution in [-0.2, 0) is 0 Å². The predicted octanol–water partition coefficient (Wildman–Crippen LogP) is 2.41. The van der Waals surface area contributed by atoms with Crippen LogP contribution in [-0.4, -0.2) is 22.2 Å². The van der Waals surface area contributed by atoms with Gasteiger partial charge in [-0.05, 0) is 32.1 Å². The van der Waals surface area contributed by atoms with Gasteiger partial charge in [-0.1, -0.05) is 11.6 Å². The Kier molecular flexibility index (Phi) is 4.09. The topological polar surface area (TPSA) is 55.2 Å². The summed E-state index contributed by atoms with van der Waals surface area (Å²) in [4.78, 5) is 8.00. The summed E-state index contributed by atoms with van der Waals surface area (Å²) in [6.07, 6.45) is 10.4. The van der Waals surface area contributed by atoms with Gasteiger partial charge in [0.2, 0.25) is 0 Å². The molecule has 2 rings (SSSR count). The molecule has 0 saturated carbocycles. The zero-order valence-electron chi connectivity index (χ0n) is 10.1. The molecule has 1 aliphatic carbocycles. The molecular formula is C13H18N2O2. The molecule has 1 aromatic rings. The van der Waals surface area contributed by atoms with Crippen LogP contribution < -0.4 is 4.74 Å². The van der Waals surface area contributed by atoms with E-state index in [1.54, 1.807) is 12.4 Å². The first-order valence-corrected chi connectivity index (χ1v) is 6.01. The van der Waals surface area contributed by atoms with Crippen molar-refractivity contribution in [3.63, 3.8) is 0 Å². The zero-order chi connectivity index (χ0) is 12.1. The molecule has 0 fully saturated rings. The number of aliphatic hydroxyl groups is 1. The van der Waals surface area contributed by atoms with Gasteiger partial charge in [0.25, 0.3) is 0 Å². The minimum atomic E-state index is -0.509. The van der Waals surface area contributed by atoms with Crippen molar-refractivity contribution in [2.45, 2.75) is 38.2 Å². The van der Waals surface area contributed by atoms with Gasteiger partial charge in [0, 0.05) is 18.0 Å². The first-order valence-electron chi connectivity index (χ1n) is 6.01. The number of ether oxygens (including phenoxy) is 1. The number of hydrogen-bond acceptors (Lipinski definition) is 4. The fourth-order valence-electron chi connectivity index (χ4n) is 2.06. The second-order valence-corrected chi connectivity index (χ2v) is 4.33. The van der Waals surface area contributed by atoms with Crippen molar-refractivity contribution in [1.82, 2.24) is 9.97 Å². The number of nitrogens with zero attached hydrogens (tertiary/aromatic N) is 2. The number of aliphatic hydroxyl groups excluding tert-OH is 1. The van der Waals surface area contributed by atoms with Gasteiger partial charge in [0.15, 0.2) is 0 Å². The average molecular weight is 234 g/mol. The number of rotatable bonds is 4. The molecule has 1 aliphatic rings. The van der Waals surface area contributed by atoms with Crippen LogP contribution in [0, 0.1) is 0 Å². The fourth-order valence-corrected chi connectivity index (χ4v) is 2.06. The van der Waals surface area contributed by atoms with Gasteiger partial charge in [-0.3, -0.25) is 0 Å². The maximum atomic E-state index is 10.1. The number of methoxy groups -OCH3 is 1. The summed E-state index contributed by atoms with van der Waals surface area (Å²) in [5.41, 5.74) is 2.09. The molecule has 1 aromatic heterocycles. The minimum Gasteiger partial charge on any atom is -0.467 e. The molecule has 0 bridgehead atoms. The Hall–Kier alpha value is -1.42. The number of allylic oxidation sites excluding steroid dienone is 1. The number of aromatic nitrogens is 2. The molecule has 0 aliphatic heterocycles. The molecule has 1 unspecified atom stereocenters. The summed E-state index contributed by atoms with van der Waals surface area (Å²) in [7, 11) is 1.53. The van der Waals surface area contributed by atoms with Crippen molar-refractivity contribution >= 4 is 0 Å². The Morgan fingerprint density at radius 3 is 2.71 bits per heavy atom. The van der Waals surface area contributed by atoms with Crippen molar-refractivity contribution < 1.29 is 9.84 Å². The lowest BCUT2D eigenvalue weighted by Gasteiger charge is -2.16. The smallest absolute Gasteiger partial charge is 0.316 e. The second kappa shape index (κ2) is 5.77. The highest BCUT2D eigenvalue weighted by Crippen LogP contribution is 2.27. The van der Waals surface area contributed by atoms with Gasteiger partial charge in [0.1, 0.15) is 0 Å². The van der Waals surface area contributed by atoms with E-state index in [0.29, 0.717) is 12.4 Å². The fraction of sp³-hybridized carbons (Fsp3) is 0.538. The van der Waals surface area contributed by atoms with Crippen LogP contribution in [0.5, 0.6) is 6.01 Å². The van der Waals surface area contributed by atoms with Crippen LogP contribution in [0.3, 0.4) is 0 Å². The van der Waals surface area contributed by atoms with Gasteiger partial charge >= 0.3 is 6.01 Å². The Labute approximate surface area is 101 Å². The Balaban J connectivity index is 1.98. The highest BCUT2D eigenvalue weighted by Gasteiger charge is 2.13. The molecule has 92 valence electrons. The molecule has 0 radical (unpaired) electrons. The van der Waals surface area contributed by atoms with Gasteiger partial charge in [-0.2, -0.15) is 0 Å². The van der Waals surface area contributed by atoms with E-state index >= 15 is 0 Å². The SMILES string of the molecule is COc1ncc(C(O)CC2=CCCCC2)cn1. The van der Waals surface area contributed by atoms with Crippen LogP contribution >= 0.6 is 0 Å². The summed E-state index contributed by atoms with van der Waals surface area (Å²) in [5, 5.41) is 10.1. The molecule has 17 heavy (non-hydrogen) atoms. The van der Waals surface area contributed by atoms with Crippen LogP contribution in [0.15, 0.2) is 24.0 Å². The third kappa shape index (κ3) is 3.27. The van der Waals surface area contributed by atoms with Crippen molar-refractivity contribution in [2.24, 2.45) is 0 Å². The lowest BCUT2D eigenvalue weighted by atomic mass is 9.94. The first kappa shape index (κ1) is 12.0. The summed E-state index contributed by atoms with van der Waals surface area (Å²) >= 11 is 0. The lowest BCUT2D eigenvalue weighted by Crippen LogP contribution is -2.03. The van der Waals surface area contributed by atoms with Crippen molar-refractivity contribution in [3.8, 4) is 6.01 Å². The van der Waals surface area contributed by atoms with Crippen LogP contribution in [0.4, 0.5) is 0 Å². The first-order chi connectivity index (χ1) is 8.29. The van der Waals surface area contributed by atoms with Crippen LogP contribution in [0.1, 0.15) is 43.8 Å². The van der Waals surface area contributed by atoms with E-state index in [1.165, 1.54) is 25.5 Å². The van der Waals surface area contributed by atoms with Crippen molar-refractivity contribution in [3.05, 3.63) is 29.6 Å². The summed E-state index contributed by atoms with van der Waals surface area (Å²) in [5.74, 6) is 0. The van der Waals surface area contributed by atoms with E-state index in [1.807, 2.05) is 0 Å². The molecule has 4 nitrogen and oxygen atoms in total. The summed E-state index contributed by atoms with van der Waals surface area (Å²) in [6.45, 7) is 0. The maximum Gasteiger partial charge on any atom is 0.316 e. The largest absolute Gasteiger partial charge is 0.467 e. The Morgan fingerprint density at radius 2 is 2.12 bits per heavy atom. The highest BCUT2D eigenvalue weighted by atomic mass is 16.5. The summed E-state index contributed by atoms with van der Waals surface area (Å²) < 4.78 is 4.88. The molecule has 0 saturated heterocycles. The van der Waals surface area contributed by atoms with Crippen molar-refractivity contribution in [2.75, 3.05) is 7.11 Å². The lowest BCUT2D eigenvalue weighted by molar-refractivity contribution is 0.175. The van der Waals surface area contributed by atoms with Crippen LogP contribution in [0.25, 0.3) is 0 Å². The van der Waals surface area contributed by atoms with E-state index in [4.69, 9.17) is 4.74 Å². The molecule has 0 aromatic carbocycles. The van der Waals surface area contributed by atoms with E-state index in [9.17, 15) is 5.11 Å². The quantitative estimate of drug-likeness (QED) is 0.813. The van der Waals surface area contributed by atoms with Gasteiger partial charge in [0.05, 0.1) is 13.2 Å². The highest BCUT2D eigenvalue weighted by molar-refractivity contribution is 5.15. The normalized spacial score (nSPS) is 17.4. The second-order valence-electron chi connectivity index (χ2n) is 4.33. The third-order valence-electron chi connectivity index (χ3n) is 3.06. The molecule has 4 heteroatoms. The van der Waals surface area contributed by atoms with Crippen molar-refractivity contribution in [1.29, 1.82) is 0 Å². The number of hydrogen-bond donors (Lipinski definition) is 1. The average Bonchev–Trinajstić information content (AvgIpc) is 2.40. The Bertz CT molecular complexity index is 387. The maximum absolute atomic E-state index is 10.1.